The molecule has 0 heterocycles. The van der Waals surface area contributed by atoms with Crippen molar-refractivity contribution in [3.8, 4) is 0 Å². The lowest BCUT2D eigenvalue weighted by molar-refractivity contribution is -0.132. The van der Waals surface area contributed by atoms with E-state index in [0.717, 1.165) is 22.5 Å². The Kier molecular flexibility index (Phi) is 9.12. The van der Waals surface area contributed by atoms with Crippen molar-refractivity contribution in [2.75, 3.05) is 52.1 Å². The van der Waals surface area contributed by atoms with Gasteiger partial charge in [-0.05, 0) is 24.3 Å². The van der Waals surface area contributed by atoms with Crippen LogP contribution in [0.15, 0.2) is 48.5 Å². The summed E-state index contributed by atoms with van der Waals surface area (Å²) in [5.41, 5.74) is 8.82. The van der Waals surface area contributed by atoms with Gasteiger partial charge in [0.05, 0.1) is 0 Å². The molecule has 0 bridgehead atoms. The minimum absolute atomic E-state index is 0.380. The molecule has 0 aliphatic rings. The molecule has 2 aromatic rings. The molecule has 0 unspecified atom stereocenters. The number of hydrogen-bond acceptors (Lipinski definition) is 6. The molecule has 0 radical (unpaired) electrons. The fraction of sp³-hybridized carbons (Fsp3) is 0.304. The summed E-state index contributed by atoms with van der Waals surface area (Å²) in [6, 6.07) is 15.3. The number of carbonyl (C=O) groups excluding carboxylic acids is 2. The number of hydrogen-bond donors (Lipinski definition) is 2. The quantitative estimate of drug-likeness (QED) is 0.366. The third-order valence-electron chi connectivity index (χ3n) is 4.73. The fourth-order valence-corrected chi connectivity index (χ4v) is 3.27. The van der Waals surface area contributed by atoms with Crippen LogP contribution in [-0.4, -0.2) is 74.1 Å². The van der Waals surface area contributed by atoms with E-state index in [9.17, 15) is 9.59 Å². The molecular formula is C23H30N6O2S2. The maximum Gasteiger partial charge on any atom is 0.248 e. The van der Waals surface area contributed by atoms with Crippen LogP contribution >= 0.6 is 24.4 Å². The Morgan fingerprint density at radius 2 is 1.06 bits per heavy atom. The van der Waals surface area contributed by atoms with Crippen molar-refractivity contribution in [3.05, 3.63) is 59.7 Å². The number of benzene rings is 2. The van der Waals surface area contributed by atoms with E-state index in [1.807, 2.05) is 86.5 Å². The Morgan fingerprint density at radius 3 is 1.39 bits per heavy atom. The van der Waals surface area contributed by atoms with Gasteiger partial charge < -0.3 is 9.80 Å². The standard InChI is InChI=1S/C23H30N6O2S2/c1-26(2)18-11-7-9-16(13-18)22(32)28(5)24-20(30)15-21(31)25-29(6)23(33)17-10-8-12-19(14-17)27(3)4/h7-14H,15H2,1-6H3,(H,24,30)(H,25,31). The van der Waals surface area contributed by atoms with Crippen LogP contribution in [0.2, 0.25) is 0 Å². The molecule has 176 valence electrons. The molecule has 0 saturated carbocycles. The lowest BCUT2D eigenvalue weighted by atomic mass is 10.2. The molecule has 2 amide bonds. The van der Waals surface area contributed by atoms with Crippen molar-refractivity contribution < 1.29 is 9.59 Å². The van der Waals surface area contributed by atoms with Gasteiger partial charge in [-0.15, -0.1) is 0 Å². The van der Waals surface area contributed by atoms with E-state index in [2.05, 4.69) is 10.9 Å². The van der Waals surface area contributed by atoms with Crippen molar-refractivity contribution in [1.82, 2.24) is 20.9 Å². The largest absolute Gasteiger partial charge is 0.378 e. The molecule has 0 aromatic heterocycles. The Balaban J connectivity index is 1.91. The minimum Gasteiger partial charge on any atom is -0.378 e. The molecule has 0 saturated heterocycles. The van der Waals surface area contributed by atoms with Gasteiger partial charge in [0, 0.05) is 64.8 Å². The zero-order chi connectivity index (χ0) is 24.7. The maximum atomic E-state index is 12.4. The van der Waals surface area contributed by atoms with Crippen LogP contribution in [0.1, 0.15) is 17.5 Å². The zero-order valence-corrected chi connectivity index (χ0v) is 21.4. The summed E-state index contributed by atoms with van der Waals surface area (Å²) in [7, 11) is 11.0. The molecule has 8 nitrogen and oxygen atoms in total. The van der Waals surface area contributed by atoms with E-state index in [1.165, 1.54) is 10.0 Å². The van der Waals surface area contributed by atoms with E-state index >= 15 is 0 Å². The van der Waals surface area contributed by atoms with Crippen LogP contribution in [0, 0.1) is 0 Å². The van der Waals surface area contributed by atoms with Crippen LogP contribution in [-0.2, 0) is 9.59 Å². The van der Waals surface area contributed by atoms with E-state index in [-0.39, 0.29) is 6.42 Å². The Labute approximate surface area is 206 Å². The van der Waals surface area contributed by atoms with E-state index < -0.39 is 11.8 Å². The summed E-state index contributed by atoms with van der Waals surface area (Å²) in [5.74, 6) is -0.981. The monoisotopic (exact) mass is 486 g/mol. The normalized spacial score (nSPS) is 10.1. The number of amides is 2. The third kappa shape index (κ3) is 7.40. The van der Waals surface area contributed by atoms with Gasteiger partial charge in [-0.25, -0.2) is 0 Å². The van der Waals surface area contributed by atoms with Crippen LogP contribution in [0.5, 0.6) is 0 Å². The number of anilines is 2. The van der Waals surface area contributed by atoms with Crippen LogP contribution in [0.3, 0.4) is 0 Å². The summed E-state index contributed by atoms with van der Waals surface area (Å²) < 4.78 is 0. The second-order valence-corrected chi connectivity index (χ2v) is 8.64. The highest BCUT2D eigenvalue weighted by atomic mass is 32.1. The predicted molar refractivity (Wildman–Crippen MR) is 141 cm³/mol. The minimum atomic E-state index is -0.491. The lowest BCUT2D eigenvalue weighted by Gasteiger charge is -2.24. The summed E-state index contributed by atoms with van der Waals surface area (Å²) in [6.45, 7) is 0. The first-order chi connectivity index (χ1) is 15.5. The van der Waals surface area contributed by atoms with Crippen molar-refractivity contribution in [2.24, 2.45) is 0 Å². The number of thiocarbonyl (C=S) groups is 2. The summed E-state index contributed by atoms with van der Waals surface area (Å²) >= 11 is 10.9. The Hall–Kier alpha value is -3.24. The van der Waals surface area contributed by atoms with Gasteiger partial charge in [0.15, 0.2) is 0 Å². The fourth-order valence-electron chi connectivity index (χ4n) is 2.92. The average molecular weight is 487 g/mol. The highest BCUT2D eigenvalue weighted by Crippen LogP contribution is 2.16. The average Bonchev–Trinajstić information content (AvgIpc) is 2.77. The van der Waals surface area contributed by atoms with Gasteiger partial charge in [-0.1, -0.05) is 48.7 Å². The Bertz CT molecular complexity index is 960. The maximum absolute atomic E-state index is 12.4. The number of nitrogens with zero attached hydrogens (tertiary/aromatic N) is 4. The second-order valence-electron chi connectivity index (χ2n) is 7.86. The van der Waals surface area contributed by atoms with E-state index in [4.69, 9.17) is 24.4 Å². The second kappa shape index (κ2) is 11.6. The molecule has 0 aliphatic carbocycles. The van der Waals surface area contributed by atoms with Crippen LogP contribution < -0.4 is 20.7 Å². The van der Waals surface area contributed by atoms with Gasteiger partial charge in [0.1, 0.15) is 16.4 Å². The molecule has 2 aromatic carbocycles. The van der Waals surface area contributed by atoms with Gasteiger partial charge in [0.25, 0.3) is 0 Å². The van der Waals surface area contributed by atoms with Crippen LogP contribution in [0.25, 0.3) is 0 Å². The number of hydrazine groups is 2. The van der Waals surface area contributed by atoms with E-state index in [0.29, 0.717) is 9.98 Å². The van der Waals surface area contributed by atoms with Gasteiger partial charge >= 0.3 is 0 Å². The molecule has 2 rings (SSSR count). The topological polar surface area (TPSA) is 71.2 Å². The summed E-state index contributed by atoms with van der Waals surface area (Å²) in [6.07, 6.45) is -0.380. The molecule has 0 aliphatic heterocycles. The molecular weight excluding hydrogens is 456 g/mol. The lowest BCUT2D eigenvalue weighted by Crippen LogP contribution is -2.47. The molecule has 0 spiro atoms. The number of nitrogens with one attached hydrogen (secondary N) is 2. The highest BCUT2D eigenvalue weighted by Gasteiger charge is 2.17. The highest BCUT2D eigenvalue weighted by molar-refractivity contribution is 7.80. The van der Waals surface area contributed by atoms with Gasteiger partial charge in [0.2, 0.25) is 11.8 Å². The molecule has 0 atom stereocenters. The summed E-state index contributed by atoms with van der Waals surface area (Å²) in [5, 5.41) is 2.86. The smallest absolute Gasteiger partial charge is 0.248 e. The van der Waals surface area contributed by atoms with Gasteiger partial charge in [-0.3, -0.25) is 30.5 Å². The summed E-state index contributed by atoms with van der Waals surface area (Å²) in [4.78, 5) is 29.6. The number of rotatable bonds is 6. The van der Waals surface area contributed by atoms with Crippen molar-refractivity contribution in [2.45, 2.75) is 6.42 Å². The van der Waals surface area contributed by atoms with E-state index in [1.54, 1.807) is 14.1 Å². The van der Waals surface area contributed by atoms with Crippen molar-refractivity contribution >= 4 is 57.6 Å². The third-order valence-corrected chi connectivity index (χ3v) is 5.75. The molecule has 10 heteroatoms. The Morgan fingerprint density at radius 1 is 0.697 bits per heavy atom. The molecule has 0 fully saturated rings. The van der Waals surface area contributed by atoms with Crippen molar-refractivity contribution in [1.29, 1.82) is 0 Å². The van der Waals surface area contributed by atoms with Gasteiger partial charge in [-0.2, -0.15) is 0 Å². The first-order valence-electron chi connectivity index (χ1n) is 10.2. The first-order valence-corrected chi connectivity index (χ1v) is 11.0. The van der Waals surface area contributed by atoms with Crippen molar-refractivity contribution in [3.63, 3.8) is 0 Å². The molecule has 33 heavy (non-hydrogen) atoms. The first kappa shape index (κ1) is 26.0. The molecule has 2 N–H and O–H groups in total. The number of carbonyl (C=O) groups is 2. The SMILES string of the molecule is CN(NC(=O)CC(=O)NN(C)C(=S)c1cccc(N(C)C)c1)C(=S)c1cccc(N(C)C)c1. The predicted octanol–water partition coefficient (Wildman–Crippen LogP) is 2.19. The zero-order valence-electron chi connectivity index (χ0n) is 19.7. The van der Waals surface area contributed by atoms with Crippen LogP contribution in [0.4, 0.5) is 11.4 Å².